The van der Waals surface area contributed by atoms with Gasteiger partial charge in [0.05, 0.1) is 17.8 Å². The van der Waals surface area contributed by atoms with Gasteiger partial charge in [0.15, 0.2) is 0 Å². The highest BCUT2D eigenvalue weighted by Crippen LogP contribution is 2.63. The van der Waals surface area contributed by atoms with Gasteiger partial charge < -0.3 is 9.47 Å². The van der Waals surface area contributed by atoms with Crippen LogP contribution in [0.1, 0.15) is 56.8 Å². The summed E-state index contributed by atoms with van der Waals surface area (Å²) in [4.78, 5) is 12.7. The predicted octanol–water partition coefficient (Wildman–Crippen LogP) is 4.77. The highest BCUT2D eigenvalue weighted by molar-refractivity contribution is 5.89. The van der Waals surface area contributed by atoms with E-state index in [0.717, 1.165) is 32.3 Å². The third-order valence-electron chi connectivity index (χ3n) is 6.52. The van der Waals surface area contributed by atoms with Crippen LogP contribution in [-0.2, 0) is 9.47 Å². The maximum absolute atomic E-state index is 12.7. The fourth-order valence-corrected chi connectivity index (χ4v) is 5.11. The van der Waals surface area contributed by atoms with Crippen LogP contribution in [0.5, 0.6) is 0 Å². The number of esters is 1. The molecule has 134 valence electrons. The Bertz CT molecular complexity index is 684. The van der Waals surface area contributed by atoms with E-state index in [-0.39, 0.29) is 23.1 Å². The van der Waals surface area contributed by atoms with Crippen molar-refractivity contribution in [1.82, 2.24) is 0 Å². The van der Waals surface area contributed by atoms with E-state index in [1.807, 2.05) is 30.3 Å². The summed E-state index contributed by atoms with van der Waals surface area (Å²) >= 11 is 0. The highest BCUT2D eigenvalue weighted by atomic mass is 16.6. The third kappa shape index (κ3) is 3.03. The molecule has 4 atom stereocenters. The zero-order chi connectivity index (χ0) is 17.7. The number of epoxide rings is 1. The number of carbonyl (C=O) groups is 1. The zero-order valence-electron chi connectivity index (χ0n) is 15.5. The standard InChI is InChI=1S/C22H28O3/c1-15-8-7-11-22(14-24-22)17-13-21(2,3)19(17)18(12-15)25-20(23)16-9-5-4-6-10-16/h4-6,8-10,17-19H,7,11-14H2,1-3H3. The van der Waals surface area contributed by atoms with Gasteiger partial charge in [0, 0.05) is 12.3 Å². The molecule has 4 unspecified atom stereocenters. The molecule has 3 heteroatoms. The Labute approximate surface area is 150 Å². The van der Waals surface area contributed by atoms with Gasteiger partial charge in [0.1, 0.15) is 6.10 Å². The normalized spacial score (nSPS) is 36.1. The van der Waals surface area contributed by atoms with Crippen molar-refractivity contribution in [3.8, 4) is 0 Å². The van der Waals surface area contributed by atoms with E-state index in [0.29, 0.717) is 17.4 Å². The summed E-state index contributed by atoms with van der Waals surface area (Å²) in [7, 11) is 0. The molecule has 25 heavy (non-hydrogen) atoms. The van der Waals surface area contributed by atoms with Crippen LogP contribution in [0, 0.1) is 17.3 Å². The molecule has 0 radical (unpaired) electrons. The summed E-state index contributed by atoms with van der Waals surface area (Å²) in [6.07, 6.45) is 6.40. The smallest absolute Gasteiger partial charge is 0.338 e. The molecule has 3 aliphatic rings. The minimum absolute atomic E-state index is 0.0404. The molecule has 4 rings (SSSR count). The van der Waals surface area contributed by atoms with Gasteiger partial charge in [0.2, 0.25) is 0 Å². The van der Waals surface area contributed by atoms with Crippen LogP contribution in [0.4, 0.5) is 0 Å². The monoisotopic (exact) mass is 340 g/mol. The predicted molar refractivity (Wildman–Crippen MR) is 97.3 cm³/mol. The van der Waals surface area contributed by atoms with Crippen molar-refractivity contribution in [2.24, 2.45) is 17.3 Å². The van der Waals surface area contributed by atoms with Gasteiger partial charge in [-0.2, -0.15) is 0 Å². The lowest BCUT2D eigenvalue weighted by molar-refractivity contribution is -0.127. The number of ether oxygens (including phenoxy) is 2. The molecule has 1 heterocycles. The van der Waals surface area contributed by atoms with Crippen molar-refractivity contribution < 1.29 is 14.3 Å². The lowest BCUT2D eigenvalue weighted by atomic mass is 9.49. The Kier molecular flexibility index (Phi) is 4.03. The third-order valence-corrected chi connectivity index (χ3v) is 6.52. The lowest BCUT2D eigenvalue weighted by Gasteiger charge is -2.56. The van der Waals surface area contributed by atoms with Crippen molar-refractivity contribution in [1.29, 1.82) is 0 Å². The van der Waals surface area contributed by atoms with Crippen molar-refractivity contribution in [3.63, 3.8) is 0 Å². The van der Waals surface area contributed by atoms with Crippen molar-refractivity contribution in [2.75, 3.05) is 6.61 Å². The van der Waals surface area contributed by atoms with Crippen LogP contribution in [0.25, 0.3) is 0 Å². The Balaban J connectivity index is 1.61. The van der Waals surface area contributed by atoms with Crippen LogP contribution < -0.4 is 0 Å². The van der Waals surface area contributed by atoms with Gasteiger partial charge in [0.25, 0.3) is 0 Å². The number of hydrogen-bond acceptors (Lipinski definition) is 3. The van der Waals surface area contributed by atoms with Gasteiger partial charge >= 0.3 is 5.97 Å². The number of rotatable bonds is 2. The fraction of sp³-hybridized carbons (Fsp3) is 0.591. The number of fused-ring (bicyclic) bond motifs is 2. The molecule has 0 N–H and O–H groups in total. The Hall–Kier alpha value is -1.61. The van der Waals surface area contributed by atoms with Crippen molar-refractivity contribution in [3.05, 3.63) is 47.5 Å². The summed E-state index contributed by atoms with van der Waals surface area (Å²) in [5, 5.41) is 0. The summed E-state index contributed by atoms with van der Waals surface area (Å²) in [5.41, 5.74) is 2.19. The molecular weight excluding hydrogens is 312 g/mol. The van der Waals surface area contributed by atoms with Gasteiger partial charge in [-0.25, -0.2) is 4.79 Å². The van der Waals surface area contributed by atoms with E-state index in [4.69, 9.17) is 9.47 Å². The molecular formula is C22H28O3. The van der Waals surface area contributed by atoms with E-state index in [2.05, 4.69) is 26.8 Å². The molecule has 1 saturated heterocycles. The number of benzene rings is 1. The van der Waals surface area contributed by atoms with Gasteiger partial charge in [-0.3, -0.25) is 0 Å². The minimum atomic E-state index is -0.204. The first-order valence-electron chi connectivity index (χ1n) is 9.47. The van der Waals surface area contributed by atoms with Crippen molar-refractivity contribution >= 4 is 5.97 Å². The van der Waals surface area contributed by atoms with Crippen LogP contribution in [0.2, 0.25) is 0 Å². The second-order valence-corrected chi connectivity index (χ2v) is 8.78. The number of allylic oxidation sites excluding steroid dienone is 1. The molecule has 1 aromatic rings. The van der Waals surface area contributed by atoms with Gasteiger partial charge in [-0.15, -0.1) is 0 Å². The Morgan fingerprint density at radius 1 is 1.24 bits per heavy atom. The summed E-state index contributed by atoms with van der Waals surface area (Å²) in [5.74, 6) is 0.671. The summed E-state index contributed by atoms with van der Waals surface area (Å²) < 4.78 is 12.1. The zero-order valence-corrected chi connectivity index (χ0v) is 15.5. The fourth-order valence-electron chi connectivity index (χ4n) is 5.11. The van der Waals surface area contributed by atoms with E-state index >= 15 is 0 Å². The van der Waals surface area contributed by atoms with E-state index in [1.54, 1.807) is 0 Å². The number of hydrogen-bond donors (Lipinski definition) is 0. The first kappa shape index (κ1) is 16.8. The van der Waals surface area contributed by atoms with Gasteiger partial charge in [-0.05, 0) is 49.7 Å². The topological polar surface area (TPSA) is 38.8 Å². The van der Waals surface area contributed by atoms with Crippen LogP contribution in [0.15, 0.2) is 42.0 Å². The molecule has 1 saturated carbocycles. The van der Waals surface area contributed by atoms with E-state index < -0.39 is 0 Å². The quantitative estimate of drug-likeness (QED) is 0.442. The van der Waals surface area contributed by atoms with Crippen molar-refractivity contribution in [2.45, 2.75) is 58.2 Å². The molecule has 2 aliphatic carbocycles. The molecule has 1 aliphatic heterocycles. The van der Waals surface area contributed by atoms with E-state index in [9.17, 15) is 4.79 Å². The first-order valence-corrected chi connectivity index (χ1v) is 9.47. The maximum Gasteiger partial charge on any atom is 0.338 e. The summed E-state index contributed by atoms with van der Waals surface area (Å²) in [6.45, 7) is 7.65. The van der Waals surface area contributed by atoms with Crippen LogP contribution in [0.3, 0.4) is 0 Å². The lowest BCUT2D eigenvalue weighted by Crippen LogP contribution is -2.56. The molecule has 1 spiro atoms. The second-order valence-electron chi connectivity index (χ2n) is 8.78. The van der Waals surface area contributed by atoms with E-state index in [1.165, 1.54) is 5.57 Å². The highest BCUT2D eigenvalue weighted by Gasteiger charge is 2.65. The first-order chi connectivity index (χ1) is 11.9. The molecule has 0 amide bonds. The molecule has 2 fully saturated rings. The summed E-state index contributed by atoms with van der Waals surface area (Å²) in [6, 6.07) is 9.34. The average molecular weight is 340 g/mol. The Morgan fingerprint density at radius 2 is 1.96 bits per heavy atom. The second kappa shape index (κ2) is 5.98. The molecule has 3 nitrogen and oxygen atoms in total. The largest absolute Gasteiger partial charge is 0.458 e. The minimum Gasteiger partial charge on any atom is -0.458 e. The Morgan fingerprint density at radius 3 is 2.60 bits per heavy atom. The number of carbonyl (C=O) groups excluding carboxylic acids is 1. The van der Waals surface area contributed by atoms with Crippen LogP contribution in [-0.4, -0.2) is 24.3 Å². The van der Waals surface area contributed by atoms with Gasteiger partial charge in [-0.1, -0.05) is 43.7 Å². The molecule has 1 aromatic carbocycles. The maximum atomic E-state index is 12.7. The average Bonchev–Trinajstić information content (AvgIpc) is 3.33. The van der Waals surface area contributed by atoms with Crippen LogP contribution >= 0.6 is 0 Å². The molecule has 0 aromatic heterocycles. The SMILES string of the molecule is CC1=CCCC2(CO2)C2CC(C)(C)C2C(OC(=O)c2ccccc2)C1. The molecule has 0 bridgehead atoms.